The van der Waals surface area contributed by atoms with E-state index in [0.717, 1.165) is 5.56 Å². The topological polar surface area (TPSA) is 97.4 Å². The highest BCUT2D eigenvalue weighted by Crippen LogP contribution is 2.31. The summed E-state index contributed by atoms with van der Waals surface area (Å²) in [6, 6.07) is 9.34. The quantitative estimate of drug-likeness (QED) is 0.410. The van der Waals surface area contributed by atoms with E-state index in [-0.39, 0.29) is 13.2 Å². The minimum absolute atomic E-state index is 0.164. The van der Waals surface area contributed by atoms with Gasteiger partial charge in [-0.05, 0) is 5.56 Å². The first kappa shape index (κ1) is 22.2. The summed E-state index contributed by atoms with van der Waals surface area (Å²) in [7, 11) is 0. The lowest BCUT2D eigenvalue weighted by Gasteiger charge is -2.43. The molecule has 28 heavy (non-hydrogen) atoms. The first-order valence-electron chi connectivity index (χ1n) is 8.74. The van der Waals surface area contributed by atoms with Crippen molar-refractivity contribution in [3.05, 3.63) is 35.9 Å². The number of esters is 3. The molecule has 0 bridgehead atoms. The minimum atomic E-state index is -0.965. The van der Waals surface area contributed by atoms with Gasteiger partial charge in [-0.15, -0.1) is 12.6 Å². The van der Waals surface area contributed by atoms with E-state index in [9.17, 15) is 14.4 Å². The molecule has 8 nitrogen and oxygen atoms in total. The van der Waals surface area contributed by atoms with Crippen LogP contribution >= 0.6 is 12.6 Å². The Morgan fingerprint density at radius 1 is 0.929 bits per heavy atom. The zero-order chi connectivity index (χ0) is 20.7. The summed E-state index contributed by atoms with van der Waals surface area (Å²) in [6.07, 6.45) is -3.59. The highest BCUT2D eigenvalue weighted by Gasteiger charge is 2.49. The molecule has 0 aliphatic carbocycles. The van der Waals surface area contributed by atoms with Crippen LogP contribution in [-0.2, 0) is 44.7 Å². The Hall–Kier alpha value is -2.10. The predicted molar refractivity (Wildman–Crippen MR) is 100 cm³/mol. The van der Waals surface area contributed by atoms with Gasteiger partial charge < -0.3 is 23.7 Å². The van der Waals surface area contributed by atoms with Gasteiger partial charge >= 0.3 is 17.9 Å². The lowest BCUT2D eigenvalue weighted by Crippen LogP contribution is -2.60. The van der Waals surface area contributed by atoms with Crippen LogP contribution in [0.2, 0.25) is 0 Å². The van der Waals surface area contributed by atoms with Crippen LogP contribution in [0.15, 0.2) is 30.3 Å². The van der Waals surface area contributed by atoms with E-state index in [4.69, 9.17) is 23.7 Å². The van der Waals surface area contributed by atoms with Gasteiger partial charge in [0, 0.05) is 20.8 Å². The van der Waals surface area contributed by atoms with Crippen molar-refractivity contribution in [2.24, 2.45) is 0 Å². The fourth-order valence-corrected chi connectivity index (χ4v) is 3.22. The third-order valence-electron chi connectivity index (χ3n) is 3.95. The number of carbonyl (C=O) groups is 3. The fourth-order valence-electron chi connectivity index (χ4n) is 2.84. The molecule has 1 heterocycles. The Morgan fingerprint density at radius 2 is 1.54 bits per heavy atom. The van der Waals surface area contributed by atoms with Crippen molar-refractivity contribution in [1.29, 1.82) is 0 Å². The fraction of sp³-hybridized carbons (Fsp3) is 0.526. The summed E-state index contributed by atoms with van der Waals surface area (Å²) in [5.74, 6) is -1.64. The molecule has 0 spiro atoms. The monoisotopic (exact) mass is 412 g/mol. The zero-order valence-electron chi connectivity index (χ0n) is 15.9. The molecule has 1 aliphatic rings. The van der Waals surface area contributed by atoms with Crippen LogP contribution in [0, 0.1) is 0 Å². The third kappa shape index (κ3) is 6.50. The Balaban J connectivity index is 2.26. The maximum Gasteiger partial charge on any atom is 0.303 e. The summed E-state index contributed by atoms with van der Waals surface area (Å²) in [4.78, 5) is 34.4. The highest BCUT2D eigenvalue weighted by atomic mass is 32.1. The Labute approximate surface area is 168 Å². The molecule has 1 aromatic rings. The van der Waals surface area contributed by atoms with Gasteiger partial charge in [-0.1, -0.05) is 30.3 Å². The van der Waals surface area contributed by atoms with E-state index in [1.807, 2.05) is 30.3 Å². The molecule has 1 aliphatic heterocycles. The van der Waals surface area contributed by atoms with Crippen molar-refractivity contribution in [2.45, 2.75) is 57.2 Å². The number of carbonyl (C=O) groups excluding carboxylic acids is 3. The molecule has 1 aromatic carbocycles. The van der Waals surface area contributed by atoms with Crippen molar-refractivity contribution >= 4 is 30.5 Å². The summed E-state index contributed by atoms with van der Waals surface area (Å²) < 4.78 is 27.4. The lowest BCUT2D eigenvalue weighted by molar-refractivity contribution is -0.241. The highest BCUT2D eigenvalue weighted by molar-refractivity contribution is 7.80. The van der Waals surface area contributed by atoms with Gasteiger partial charge in [-0.3, -0.25) is 14.4 Å². The summed E-state index contributed by atoms with van der Waals surface area (Å²) in [5, 5.41) is 0. The van der Waals surface area contributed by atoms with E-state index < -0.39 is 47.8 Å². The molecule has 1 saturated heterocycles. The van der Waals surface area contributed by atoms with E-state index in [2.05, 4.69) is 12.6 Å². The zero-order valence-corrected chi connectivity index (χ0v) is 16.8. The average Bonchev–Trinajstić information content (AvgIpc) is 2.62. The summed E-state index contributed by atoms with van der Waals surface area (Å²) in [6.45, 7) is 3.77. The molecule has 1 unspecified atom stereocenters. The Kier molecular flexibility index (Phi) is 8.28. The number of benzene rings is 1. The van der Waals surface area contributed by atoms with Crippen LogP contribution in [-0.4, -0.2) is 54.4 Å². The standard InChI is InChI=1S/C19H24O8S/c1-11(20)23-10-15-16(25-12(2)21)17(18(19(28)27-15)26-13(3)22)24-9-14-7-5-4-6-8-14/h4-8,15-19,28H,9-10H2,1-3H3/t15-,16-,17+,18-,19?/m1/s1. The molecule has 9 heteroatoms. The maximum atomic E-state index is 11.7. The molecule has 1 fully saturated rings. The number of hydrogen-bond acceptors (Lipinski definition) is 9. The van der Waals surface area contributed by atoms with E-state index >= 15 is 0 Å². The van der Waals surface area contributed by atoms with Gasteiger partial charge in [0.05, 0.1) is 6.61 Å². The second-order valence-corrected chi connectivity index (χ2v) is 6.79. The van der Waals surface area contributed by atoms with Gasteiger partial charge in [0.15, 0.2) is 12.2 Å². The Morgan fingerprint density at radius 3 is 2.11 bits per heavy atom. The molecule has 2 rings (SSSR count). The van der Waals surface area contributed by atoms with Gasteiger partial charge in [-0.25, -0.2) is 0 Å². The average molecular weight is 412 g/mol. The van der Waals surface area contributed by atoms with E-state index in [1.165, 1.54) is 20.8 Å². The molecule has 0 amide bonds. The van der Waals surface area contributed by atoms with Gasteiger partial charge in [0.25, 0.3) is 0 Å². The molecule has 0 aromatic heterocycles. The predicted octanol–water partition coefficient (Wildman–Crippen LogP) is 1.65. The second-order valence-electron chi connectivity index (χ2n) is 6.28. The smallest absolute Gasteiger partial charge is 0.303 e. The van der Waals surface area contributed by atoms with Gasteiger partial charge in [-0.2, -0.15) is 0 Å². The SMILES string of the molecule is CC(=O)OC[C@H]1OC(S)[C@H](OC(C)=O)[C@@H](OCc2ccccc2)[C@@H]1OC(C)=O. The number of rotatable bonds is 7. The van der Waals surface area contributed by atoms with E-state index in [0.29, 0.717) is 0 Å². The largest absolute Gasteiger partial charge is 0.463 e. The van der Waals surface area contributed by atoms with Crippen molar-refractivity contribution < 1.29 is 38.1 Å². The van der Waals surface area contributed by atoms with Crippen molar-refractivity contribution in [3.8, 4) is 0 Å². The van der Waals surface area contributed by atoms with Gasteiger partial charge in [0.1, 0.15) is 24.3 Å². The van der Waals surface area contributed by atoms with Crippen LogP contribution in [0.1, 0.15) is 26.3 Å². The van der Waals surface area contributed by atoms with Crippen molar-refractivity contribution in [2.75, 3.05) is 6.61 Å². The maximum absolute atomic E-state index is 11.7. The molecular formula is C19H24O8S. The lowest BCUT2D eigenvalue weighted by atomic mass is 9.99. The van der Waals surface area contributed by atoms with Crippen molar-refractivity contribution in [3.63, 3.8) is 0 Å². The third-order valence-corrected chi connectivity index (χ3v) is 4.37. The van der Waals surface area contributed by atoms with Crippen LogP contribution in [0.4, 0.5) is 0 Å². The molecule has 0 N–H and O–H groups in total. The molecular weight excluding hydrogens is 388 g/mol. The number of ether oxygens (including phenoxy) is 5. The molecule has 5 atom stereocenters. The number of thiol groups is 1. The second kappa shape index (κ2) is 10.4. The molecule has 0 saturated carbocycles. The first-order valence-corrected chi connectivity index (χ1v) is 9.26. The van der Waals surface area contributed by atoms with Crippen LogP contribution in [0.25, 0.3) is 0 Å². The summed E-state index contributed by atoms with van der Waals surface area (Å²) >= 11 is 4.35. The number of hydrogen-bond donors (Lipinski definition) is 1. The van der Waals surface area contributed by atoms with Gasteiger partial charge in [0.2, 0.25) is 0 Å². The summed E-state index contributed by atoms with van der Waals surface area (Å²) in [5.41, 5.74) is 0.0152. The van der Waals surface area contributed by atoms with Crippen LogP contribution in [0.3, 0.4) is 0 Å². The van der Waals surface area contributed by atoms with Crippen molar-refractivity contribution in [1.82, 2.24) is 0 Å². The van der Waals surface area contributed by atoms with Crippen LogP contribution < -0.4 is 0 Å². The van der Waals surface area contributed by atoms with Crippen LogP contribution in [0.5, 0.6) is 0 Å². The first-order chi connectivity index (χ1) is 13.3. The normalized spacial score (nSPS) is 26.9. The Bertz CT molecular complexity index is 680. The molecule has 154 valence electrons. The minimum Gasteiger partial charge on any atom is -0.463 e. The van der Waals surface area contributed by atoms with E-state index in [1.54, 1.807) is 0 Å². The molecule has 0 radical (unpaired) electrons.